The van der Waals surface area contributed by atoms with E-state index in [1.165, 1.54) is 12.1 Å². The van der Waals surface area contributed by atoms with E-state index in [4.69, 9.17) is 0 Å². The molecule has 112 valence electrons. The van der Waals surface area contributed by atoms with E-state index in [0.717, 1.165) is 19.0 Å². The average molecular weight is 291 g/mol. The van der Waals surface area contributed by atoms with Gasteiger partial charge in [-0.05, 0) is 18.6 Å². The number of anilines is 1. The van der Waals surface area contributed by atoms with Crippen LogP contribution in [0.4, 0.5) is 14.6 Å². The second-order valence-corrected chi connectivity index (χ2v) is 5.20. The lowest BCUT2D eigenvalue weighted by Crippen LogP contribution is -2.07. The van der Waals surface area contributed by atoms with Crippen molar-refractivity contribution in [3.05, 3.63) is 41.7 Å². The summed E-state index contributed by atoms with van der Waals surface area (Å²) in [6.45, 7) is 6.78. The van der Waals surface area contributed by atoms with Gasteiger partial charge < -0.3 is 5.32 Å². The molecule has 2 rings (SSSR count). The van der Waals surface area contributed by atoms with Crippen molar-refractivity contribution in [2.45, 2.75) is 33.1 Å². The molecule has 0 aliphatic heterocycles. The van der Waals surface area contributed by atoms with Crippen molar-refractivity contribution in [2.24, 2.45) is 0 Å². The maximum Gasteiger partial charge on any atom is 0.135 e. The van der Waals surface area contributed by atoms with E-state index < -0.39 is 11.6 Å². The van der Waals surface area contributed by atoms with Crippen molar-refractivity contribution < 1.29 is 8.78 Å². The van der Waals surface area contributed by atoms with Crippen LogP contribution in [0, 0.1) is 11.6 Å². The number of nitrogens with zero attached hydrogens (tertiary/aromatic N) is 2. The van der Waals surface area contributed by atoms with Gasteiger partial charge in [0.25, 0.3) is 0 Å². The predicted octanol–water partition coefficient (Wildman–Crippen LogP) is 4.37. The summed E-state index contributed by atoms with van der Waals surface area (Å²) in [5.74, 6) is 0.198. The average Bonchev–Trinajstić information content (AvgIpc) is 2.44. The first-order valence-electron chi connectivity index (χ1n) is 7.09. The van der Waals surface area contributed by atoms with Crippen LogP contribution in [0.1, 0.15) is 38.9 Å². The quantitative estimate of drug-likeness (QED) is 0.889. The van der Waals surface area contributed by atoms with Gasteiger partial charge in [-0.3, -0.25) is 0 Å². The number of aromatic nitrogens is 2. The zero-order valence-electron chi connectivity index (χ0n) is 12.5. The van der Waals surface area contributed by atoms with E-state index in [9.17, 15) is 8.78 Å². The van der Waals surface area contributed by atoms with Gasteiger partial charge in [0.2, 0.25) is 0 Å². The van der Waals surface area contributed by atoms with E-state index >= 15 is 0 Å². The molecule has 1 heterocycles. The Balaban J connectivity index is 2.48. The van der Waals surface area contributed by atoms with Gasteiger partial charge in [-0.1, -0.05) is 20.8 Å². The summed E-state index contributed by atoms with van der Waals surface area (Å²) in [4.78, 5) is 8.81. The van der Waals surface area contributed by atoms with Crippen molar-refractivity contribution in [3.8, 4) is 11.3 Å². The molecule has 0 saturated heterocycles. The summed E-state index contributed by atoms with van der Waals surface area (Å²) >= 11 is 0. The van der Waals surface area contributed by atoms with Crippen LogP contribution in [0.25, 0.3) is 11.3 Å². The Labute approximate surface area is 123 Å². The first-order chi connectivity index (χ1) is 10.0. The number of benzene rings is 1. The van der Waals surface area contributed by atoms with Gasteiger partial charge in [0.05, 0.1) is 5.69 Å². The van der Waals surface area contributed by atoms with Crippen LogP contribution in [0.15, 0.2) is 24.3 Å². The zero-order chi connectivity index (χ0) is 15.4. The third kappa shape index (κ3) is 3.74. The monoisotopic (exact) mass is 291 g/mol. The Kier molecular flexibility index (Phi) is 4.83. The minimum Gasteiger partial charge on any atom is -0.370 e. The summed E-state index contributed by atoms with van der Waals surface area (Å²) in [7, 11) is 0. The molecule has 0 amide bonds. The highest BCUT2D eigenvalue weighted by Crippen LogP contribution is 2.25. The van der Waals surface area contributed by atoms with Crippen molar-refractivity contribution in [1.29, 1.82) is 0 Å². The van der Waals surface area contributed by atoms with Crippen molar-refractivity contribution in [3.63, 3.8) is 0 Å². The number of halogens is 2. The van der Waals surface area contributed by atoms with Crippen LogP contribution in [-0.4, -0.2) is 16.5 Å². The smallest absolute Gasteiger partial charge is 0.135 e. The van der Waals surface area contributed by atoms with Gasteiger partial charge in [0.1, 0.15) is 23.3 Å². The minimum absolute atomic E-state index is 0.121. The molecule has 0 atom stereocenters. The maximum atomic E-state index is 13.9. The molecule has 1 aromatic heterocycles. The lowest BCUT2D eigenvalue weighted by molar-refractivity contribution is 0.585. The van der Waals surface area contributed by atoms with Crippen LogP contribution < -0.4 is 5.32 Å². The third-order valence-corrected chi connectivity index (χ3v) is 3.02. The third-order valence-electron chi connectivity index (χ3n) is 3.02. The fourth-order valence-corrected chi connectivity index (χ4v) is 1.90. The van der Waals surface area contributed by atoms with Gasteiger partial charge in [0.15, 0.2) is 0 Å². The molecule has 0 aliphatic carbocycles. The lowest BCUT2D eigenvalue weighted by Gasteiger charge is -2.12. The number of rotatable bonds is 5. The Bertz CT molecular complexity index is 627. The molecule has 0 fully saturated rings. The molecule has 0 radical (unpaired) electrons. The Morgan fingerprint density at radius 2 is 1.90 bits per heavy atom. The van der Waals surface area contributed by atoms with Crippen molar-refractivity contribution in [1.82, 2.24) is 9.97 Å². The van der Waals surface area contributed by atoms with E-state index in [1.807, 2.05) is 13.8 Å². The lowest BCUT2D eigenvalue weighted by atomic mass is 10.1. The van der Waals surface area contributed by atoms with E-state index in [2.05, 4.69) is 22.2 Å². The molecule has 3 nitrogen and oxygen atoms in total. The summed E-state index contributed by atoms with van der Waals surface area (Å²) in [5.41, 5.74) is 0.741. The molecule has 1 N–H and O–H groups in total. The highest BCUT2D eigenvalue weighted by Gasteiger charge is 2.13. The summed E-state index contributed by atoms with van der Waals surface area (Å²) in [6, 6.07) is 5.19. The van der Waals surface area contributed by atoms with Crippen molar-refractivity contribution >= 4 is 5.82 Å². The molecule has 0 aliphatic rings. The normalized spacial score (nSPS) is 11.0. The molecular formula is C16H19F2N3. The topological polar surface area (TPSA) is 37.8 Å². The molecule has 0 bridgehead atoms. The molecule has 5 heteroatoms. The largest absolute Gasteiger partial charge is 0.370 e. The van der Waals surface area contributed by atoms with Crippen LogP contribution in [0.5, 0.6) is 0 Å². The summed E-state index contributed by atoms with van der Waals surface area (Å²) < 4.78 is 27.0. The van der Waals surface area contributed by atoms with Crippen molar-refractivity contribution in [2.75, 3.05) is 11.9 Å². The van der Waals surface area contributed by atoms with E-state index in [1.54, 1.807) is 6.07 Å². The van der Waals surface area contributed by atoms with Gasteiger partial charge in [-0.25, -0.2) is 18.7 Å². The Morgan fingerprint density at radius 1 is 1.14 bits per heavy atom. The summed E-state index contributed by atoms with van der Waals surface area (Å²) in [5, 5.41) is 3.18. The SMILES string of the molecule is CCCNc1cc(-c2ccc(F)cc2F)nc(C(C)C)n1. The molecule has 0 spiro atoms. The highest BCUT2D eigenvalue weighted by molar-refractivity contribution is 5.63. The highest BCUT2D eigenvalue weighted by atomic mass is 19.1. The molecule has 2 aromatic rings. The van der Waals surface area contributed by atoms with Gasteiger partial charge in [0, 0.05) is 30.2 Å². The van der Waals surface area contributed by atoms with Gasteiger partial charge in [-0.15, -0.1) is 0 Å². The first-order valence-corrected chi connectivity index (χ1v) is 7.09. The fourth-order valence-electron chi connectivity index (χ4n) is 1.90. The van der Waals surface area contributed by atoms with Crippen LogP contribution >= 0.6 is 0 Å². The van der Waals surface area contributed by atoms with E-state index in [0.29, 0.717) is 17.3 Å². The van der Waals surface area contributed by atoms with Crippen LogP contribution in [0.3, 0.4) is 0 Å². The zero-order valence-corrected chi connectivity index (χ0v) is 12.5. The molecule has 0 unspecified atom stereocenters. The van der Waals surface area contributed by atoms with Crippen LogP contribution in [0.2, 0.25) is 0 Å². The Hall–Kier alpha value is -2.04. The minimum atomic E-state index is -0.621. The van der Waals surface area contributed by atoms with E-state index in [-0.39, 0.29) is 11.5 Å². The molecule has 0 saturated carbocycles. The summed E-state index contributed by atoms with van der Waals surface area (Å²) in [6.07, 6.45) is 0.960. The van der Waals surface area contributed by atoms with Crippen LogP contribution in [-0.2, 0) is 0 Å². The first kappa shape index (κ1) is 15.4. The predicted molar refractivity (Wildman–Crippen MR) is 80.3 cm³/mol. The number of hydrogen-bond acceptors (Lipinski definition) is 3. The maximum absolute atomic E-state index is 13.9. The number of hydrogen-bond donors (Lipinski definition) is 1. The Morgan fingerprint density at radius 3 is 2.52 bits per heavy atom. The molecule has 21 heavy (non-hydrogen) atoms. The van der Waals surface area contributed by atoms with Gasteiger partial charge >= 0.3 is 0 Å². The standard InChI is InChI=1S/C16H19F2N3/c1-4-7-19-15-9-14(20-16(21-15)10(2)3)12-6-5-11(17)8-13(12)18/h5-6,8-10H,4,7H2,1-3H3,(H,19,20,21). The van der Waals surface area contributed by atoms with Gasteiger partial charge in [-0.2, -0.15) is 0 Å². The molecule has 1 aromatic carbocycles. The fraction of sp³-hybridized carbons (Fsp3) is 0.375. The number of nitrogens with one attached hydrogen (secondary N) is 1. The molecular weight excluding hydrogens is 272 g/mol. The second-order valence-electron chi connectivity index (χ2n) is 5.20. The second kappa shape index (κ2) is 6.61.